The molecule has 0 atom stereocenters. The first kappa shape index (κ1) is 11.7. The molecule has 0 fully saturated rings. The van der Waals surface area contributed by atoms with E-state index in [-0.39, 0.29) is 5.91 Å². The van der Waals surface area contributed by atoms with Crippen LogP contribution in [0.15, 0.2) is 27.1 Å². The lowest BCUT2D eigenvalue weighted by Gasteiger charge is -2.02. The van der Waals surface area contributed by atoms with E-state index in [4.69, 9.17) is 5.73 Å². The van der Waals surface area contributed by atoms with E-state index in [1.807, 2.05) is 24.6 Å². The minimum atomic E-state index is -0.293. The van der Waals surface area contributed by atoms with Crippen molar-refractivity contribution in [3.8, 4) is 0 Å². The third-order valence-corrected chi connectivity index (χ3v) is 2.56. The number of nitrogens with two attached hydrogens (primary N) is 1. The van der Waals surface area contributed by atoms with Gasteiger partial charge in [0.15, 0.2) is 0 Å². The van der Waals surface area contributed by atoms with Gasteiger partial charge in [0.1, 0.15) is 0 Å². The number of primary amides is 1. The monoisotopic (exact) mass is 318 g/mol. The maximum absolute atomic E-state index is 10.5. The first-order chi connectivity index (χ1) is 6.58. The fourth-order valence-corrected chi connectivity index (χ4v) is 2.50. The Balaban J connectivity index is 2.54. The summed E-state index contributed by atoms with van der Waals surface area (Å²) in [6.45, 7) is 0. The lowest BCUT2D eigenvalue weighted by Crippen LogP contribution is -2.10. The Morgan fingerprint density at radius 2 is 1.86 bits per heavy atom. The highest BCUT2D eigenvalue weighted by atomic mass is 79.9. The molecule has 1 aromatic rings. The Bertz CT molecular complexity index is 319. The Kier molecular flexibility index (Phi) is 4.62. The maximum atomic E-state index is 10.5. The van der Waals surface area contributed by atoms with Crippen molar-refractivity contribution >= 4 is 37.8 Å². The van der Waals surface area contributed by atoms with Gasteiger partial charge in [-0.1, -0.05) is 31.9 Å². The summed E-state index contributed by atoms with van der Waals surface area (Å²) in [5.41, 5.74) is 6.17. The van der Waals surface area contributed by atoms with Gasteiger partial charge in [0.2, 0.25) is 5.91 Å². The summed E-state index contributed by atoms with van der Waals surface area (Å²) in [6.07, 6.45) is 2.95. The molecule has 75 valence electrons. The van der Waals surface area contributed by atoms with Gasteiger partial charge in [0.25, 0.3) is 0 Å². The molecule has 0 aliphatic carbocycles. The predicted octanol–water partition coefficient (Wildman–Crippen LogP) is 2.83. The topological polar surface area (TPSA) is 43.1 Å². The number of hydrogen-bond donors (Lipinski definition) is 1. The lowest BCUT2D eigenvalue weighted by atomic mass is 10.1. The zero-order valence-corrected chi connectivity index (χ0v) is 10.6. The molecule has 0 heterocycles. The summed E-state index contributed by atoms with van der Waals surface area (Å²) in [5.74, 6) is -0.293. The summed E-state index contributed by atoms with van der Waals surface area (Å²) in [4.78, 5) is 10.5. The third kappa shape index (κ3) is 4.24. The molecule has 0 unspecified atom stereocenters. The minimum Gasteiger partial charge on any atom is -0.370 e. The van der Waals surface area contributed by atoms with Crippen molar-refractivity contribution in [2.24, 2.45) is 5.73 Å². The van der Waals surface area contributed by atoms with Crippen molar-refractivity contribution in [2.75, 3.05) is 0 Å². The van der Waals surface area contributed by atoms with Crippen LogP contribution in [0.25, 0.3) is 0 Å². The Morgan fingerprint density at radius 3 is 2.36 bits per heavy atom. The van der Waals surface area contributed by atoms with Gasteiger partial charge in [-0.2, -0.15) is 0 Å². The first-order valence-corrected chi connectivity index (χ1v) is 5.71. The molecule has 0 saturated carbocycles. The van der Waals surface area contributed by atoms with Crippen LogP contribution in [-0.4, -0.2) is 5.91 Å². The van der Waals surface area contributed by atoms with Crippen molar-refractivity contribution in [2.45, 2.75) is 12.8 Å². The normalized spacial score (nSPS) is 10.1. The van der Waals surface area contributed by atoms with Crippen LogP contribution in [0.2, 0.25) is 0 Å². The third-order valence-electron chi connectivity index (χ3n) is 1.65. The highest BCUT2D eigenvalue weighted by Gasteiger charge is 1.99. The predicted molar refractivity (Wildman–Crippen MR) is 63.7 cm³/mol. The molecule has 0 spiro atoms. The summed E-state index contributed by atoms with van der Waals surface area (Å²) < 4.78 is 2.05. The molecular weight excluding hydrogens is 310 g/mol. The number of benzene rings is 1. The smallest absolute Gasteiger partial charge is 0.217 e. The number of hydrogen-bond acceptors (Lipinski definition) is 1. The van der Waals surface area contributed by atoms with E-state index in [1.165, 1.54) is 0 Å². The van der Waals surface area contributed by atoms with Gasteiger partial charge in [-0.25, -0.2) is 0 Å². The summed E-state index contributed by atoms with van der Waals surface area (Å²) in [6, 6.07) is 6.00. The molecule has 1 amide bonds. The van der Waals surface area contributed by atoms with E-state index in [0.717, 1.165) is 20.9 Å². The highest BCUT2D eigenvalue weighted by Crippen LogP contribution is 2.20. The zero-order chi connectivity index (χ0) is 10.6. The second kappa shape index (κ2) is 5.51. The molecule has 0 saturated heterocycles. The quantitative estimate of drug-likeness (QED) is 0.911. The number of halogens is 2. The molecule has 2 nitrogen and oxygen atoms in total. The standard InChI is InChI=1S/C10H10Br2NO/c11-8-4-7(5-9(12)6-8)2-1-3-10(13)14/h1,4-6H,2-3H2,(H2,13,14). The molecule has 0 bridgehead atoms. The Morgan fingerprint density at radius 1 is 1.29 bits per heavy atom. The highest BCUT2D eigenvalue weighted by molar-refractivity contribution is 9.11. The number of carbonyl (C=O) groups excluding carboxylic acids is 1. The van der Waals surface area contributed by atoms with Crippen LogP contribution in [0.3, 0.4) is 0 Å². The van der Waals surface area contributed by atoms with Gasteiger partial charge in [0, 0.05) is 15.4 Å². The van der Waals surface area contributed by atoms with Crippen LogP contribution in [0.5, 0.6) is 0 Å². The molecule has 0 aromatic heterocycles. The van der Waals surface area contributed by atoms with Crippen LogP contribution < -0.4 is 5.73 Å². The number of amides is 1. The fourth-order valence-electron chi connectivity index (χ4n) is 1.11. The lowest BCUT2D eigenvalue weighted by molar-refractivity contribution is -0.117. The van der Waals surface area contributed by atoms with Gasteiger partial charge in [-0.15, -0.1) is 0 Å². The summed E-state index contributed by atoms with van der Waals surface area (Å²) in [7, 11) is 0. The first-order valence-electron chi connectivity index (χ1n) is 4.13. The molecule has 1 rings (SSSR count). The zero-order valence-electron chi connectivity index (χ0n) is 7.47. The second-order valence-corrected chi connectivity index (χ2v) is 4.77. The molecule has 1 aromatic carbocycles. The van der Waals surface area contributed by atoms with E-state index >= 15 is 0 Å². The number of carbonyl (C=O) groups is 1. The van der Waals surface area contributed by atoms with E-state index < -0.39 is 0 Å². The van der Waals surface area contributed by atoms with Crippen LogP contribution in [-0.2, 0) is 11.2 Å². The van der Waals surface area contributed by atoms with E-state index in [9.17, 15) is 4.79 Å². The molecule has 2 N–H and O–H groups in total. The fraction of sp³-hybridized carbons (Fsp3) is 0.200. The van der Waals surface area contributed by atoms with Crippen LogP contribution in [0.4, 0.5) is 0 Å². The van der Waals surface area contributed by atoms with Gasteiger partial charge in [0.05, 0.1) is 0 Å². The maximum Gasteiger partial charge on any atom is 0.217 e. The van der Waals surface area contributed by atoms with Gasteiger partial charge in [-0.3, -0.25) is 4.79 Å². The summed E-state index contributed by atoms with van der Waals surface area (Å²) in [5, 5.41) is 0. The Hall–Kier alpha value is -0.350. The number of rotatable bonds is 4. The van der Waals surface area contributed by atoms with E-state index in [0.29, 0.717) is 6.42 Å². The van der Waals surface area contributed by atoms with Crippen LogP contribution in [0.1, 0.15) is 12.0 Å². The SMILES string of the molecule is NC(=O)C[CH]Cc1cc(Br)cc(Br)c1. The molecule has 1 radical (unpaired) electrons. The molecular formula is C10H10Br2NO. The van der Waals surface area contributed by atoms with Crippen molar-refractivity contribution in [3.05, 3.63) is 39.1 Å². The molecule has 0 aliphatic rings. The molecule has 4 heteroatoms. The van der Waals surface area contributed by atoms with E-state index in [1.54, 1.807) is 0 Å². The van der Waals surface area contributed by atoms with Crippen LogP contribution in [0, 0.1) is 6.42 Å². The molecule has 0 aliphatic heterocycles. The molecule has 14 heavy (non-hydrogen) atoms. The van der Waals surface area contributed by atoms with Gasteiger partial charge >= 0.3 is 0 Å². The average molecular weight is 320 g/mol. The largest absolute Gasteiger partial charge is 0.370 e. The van der Waals surface area contributed by atoms with Gasteiger partial charge < -0.3 is 5.73 Å². The second-order valence-electron chi connectivity index (χ2n) is 2.94. The van der Waals surface area contributed by atoms with Crippen molar-refractivity contribution in [1.29, 1.82) is 0 Å². The Labute approximate surface area is 100 Å². The van der Waals surface area contributed by atoms with Gasteiger partial charge in [-0.05, 0) is 36.6 Å². The van der Waals surface area contributed by atoms with Crippen molar-refractivity contribution < 1.29 is 4.79 Å². The van der Waals surface area contributed by atoms with E-state index in [2.05, 4.69) is 31.9 Å². The van der Waals surface area contributed by atoms with Crippen molar-refractivity contribution in [1.82, 2.24) is 0 Å². The minimum absolute atomic E-state index is 0.293. The van der Waals surface area contributed by atoms with Crippen molar-refractivity contribution in [3.63, 3.8) is 0 Å². The average Bonchev–Trinajstić information content (AvgIpc) is 2.01. The summed E-state index contributed by atoms with van der Waals surface area (Å²) >= 11 is 6.80. The van der Waals surface area contributed by atoms with Crippen LogP contribution >= 0.6 is 31.9 Å².